The van der Waals surface area contributed by atoms with Crippen molar-refractivity contribution in [2.75, 3.05) is 18.0 Å². The summed E-state index contributed by atoms with van der Waals surface area (Å²) in [6, 6.07) is 16.1. The highest BCUT2D eigenvalue weighted by atomic mass is 32.2. The van der Waals surface area contributed by atoms with E-state index in [0.717, 1.165) is 18.0 Å². The molecule has 3 aromatic rings. The molecule has 1 saturated heterocycles. The monoisotopic (exact) mass is 447 g/mol. The van der Waals surface area contributed by atoms with Gasteiger partial charge in [-0.15, -0.1) is 0 Å². The van der Waals surface area contributed by atoms with Gasteiger partial charge >= 0.3 is 6.18 Å². The third kappa shape index (κ3) is 4.88. The first-order valence-corrected chi connectivity index (χ1v) is 11.2. The third-order valence-corrected chi connectivity index (χ3v) is 6.71. The van der Waals surface area contributed by atoms with E-state index in [1.54, 1.807) is 12.3 Å². The average Bonchev–Trinajstić information content (AvgIpc) is 3.22. The molecule has 1 N–H and O–H groups in total. The second-order valence-electron chi connectivity index (χ2n) is 7.34. The van der Waals surface area contributed by atoms with Crippen LogP contribution >= 0.6 is 0 Å². The maximum Gasteiger partial charge on any atom is 0.416 e. The molecule has 162 valence electrons. The standard InChI is InChI=1S/C22H20F3N3O2S/c23-22(24,25)18-5-3-4-17(14-18)16-7-9-20(10-8-16)31(29,30)27-19-11-13-28(15-19)21-6-1-2-12-26-21/h1-10,12,14,19,27H,11,13,15H2. The maximum atomic E-state index is 12.9. The van der Waals surface area contributed by atoms with E-state index in [1.807, 2.05) is 23.1 Å². The molecule has 0 spiro atoms. The Labute approximate surface area is 178 Å². The van der Waals surface area contributed by atoms with Gasteiger partial charge in [0.15, 0.2) is 0 Å². The van der Waals surface area contributed by atoms with Gasteiger partial charge in [-0.25, -0.2) is 18.1 Å². The second-order valence-corrected chi connectivity index (χ2v) is 9.06. The van der Waals surface area contributed by atoms with Gasteiger partial charge < -0.3 is 4.90 Å². The highest BCUT2D eigenvalue weighted by Gasteiger charge is 2.31. The topological polar surface area (TPSA) is 62.3 Å². The van der Waals surface area contributed by atoms with Gasteiger partial charge in [-0.3, -0.25) is 0 Å². The van der Waals surface area contributed by atoms with Crippen LogP contribution in [0.4, 0.5) is 19.0 Å². The first-order chi connectivity index (χ1) is 14.7. The quantitative estimate of drug-likeness (QED) is 0.633. The van der Waals surface area contributed by atoms with Gasteiger partial charge in [-0.05, 0) is 53.9 Å². The van der Waals surface area contributed by atoms with Crippen molar-refractivity contribution in [3.05, 3.63) is 78.5 Å². The molecule has 1 atom stereocenters. The van der Waals surface area contributed by atoms with Crippen LogP contribution in [-0.4, -0.2) is 32.5 Å². The van der Waals surface area contributed by atoms with Crippen LogP contribution < -0.4 is 9.62 Å². The highest BCUT2D eigenvalue weighted by molar-refractivity contribution is 7.89. The summed E-state index contributed by atoms with van der Waals surface area (Å²) in [5.41, 5.74) is 0.128. The SMILES string of the molecule is O=S(=O)(NC1CCN(c2ccccn2)C1)c1ccc(-c2cccc(C(F)(F)F)c2)cc1. The van der Waals surface area contributed by atoms with E-state index in [1.165, 1.54) is 30.3 Å². The number of benzene rings is 2. The molecule has 0 bridgehead atoms. The first kappa shape index (κ1) is 21.3. The molecule has 1 unspecified atom stereocenters. The van der Waals surface area contributed by atoms with Crippen LogP contribution in [0.1, 0.15) is 12.0 Å². The first-order valence-electron chi connectivity index (χ1n) is 9.68. The fourth-order valence-corrected chi connectivity index (χ4v) is 4.86. The number of anilines is 1. The van der Waals surface area contributed by atoms with Crippen molar-refractivity contribution in [3.63, 3.8) is 0 Å². The van der Waals surface area contributed by atoms with Gasteiger partial charge in [0.1, 0.15) is 5.82 Å². The smallest absolute Gasteiger partial charge is 0.355 e. The zero-order valence-corrected chi connectivity index (χ0v) is 17.2. The number of alkyl halides is 3. The molecule has 2 heterocycles. The molecule has 2 aromatic carbocycles. The molecular formula is C22H20F3N3O2S. The van der Waals surface area contributed by atoms with E-state index in [-0.39, 0.29) is 10.9 Å². The maximum absolute atomic E-state index is 12.9. The van der Waals surface area contributed by atoms with Crippen molar-refractivity contribution in [1.29, 1.82) is 0 Å². The van der Waals surface area contributed by atoms with E-state index < -0.39 is 21.8 Å². The number of halogens is 3. The lowest BCUT2D eigenvalue weighted by Gasteiger charge is -2.18. The van der Waals surface area contributed by atoms with Gasteiger partial charge in [0.25, 0.3) is 0 Å². The molecule has 0 amide bonds. The molecule has 9 heteroatoms. The number of nitrogens with one attached hydrogen (secondary N) is 1. The van der Waals surface area contributed by atoms with E-state index in [4.69, 9.17) is 0 Å². The fraction of sp³-hybridized carbons (Fsp3) is 0.227. The number of hydrogen-bond donors (Lipinski definition) is 1. The summed E-state index contributed by atoms with van der Waals surface area (Å²) in [6.45, 7) is 1.21. The van der Waals surface area contributed by atoms with E-state index in [9.17, 15) is 21.6 Å². The van der Waals surface area contributed by atoms with Crippen LogP contribution in [0.15, 0.2) is 77.8 Å². The van der Waals surface area contributed by atoms with Gasteiger partial charge in [0, 0.05) is 25.3 Å². The Morgan fingerprint density at radius 2 is 1.74 bits per heavy atom. The Balaban J connectivity index is 1.46. The Morgan fingerprint density at radius 1 is 0.968 bits per heavy atom. The molecule has 4 rings (SSSR count). The van der Waals surface area contributed by atoms with Crippen molar-refractivity contribution in [1.82, 2.24) is 9.71 Å². The fourth-order valence-electron chi connectivity index (χ4n) is 3.59. The Morgan fingerprint density at radius 3 is 2.42 bits per heavy atom. The molecule has 0 saturated carbocycles. The summed E-state index contributed by atoms with van der Waals surface area (Å²) in [6.07, 6.45) is -2.09. The molecule has 31 heavy (non-hydrogen) atoms. The van der Waals surface area contributed by atoms with Crippen LogP contribution in [0, 0.1) is 0 Å². The second kappa shape index (κ2) is 8.32. The van der Waals surface area contributed by atoms with E-state index in [2.05, 4.69) is 9.71 Å². The molecule has 1 aliphatic rings. The van der Waals surface area contributed by atoms with Crippen LogP contribution in [-0.2, 0) is 16.2 Å². The molecule has 1 aliphatic heterocycles. The molecule has 1 aromatic heterocycles. The zero-order valence-electron chi connectivity index (χ0n) is 16.4. The van der Waals surface area contributed by atoms with Gasteiger partial charge in [0.2, 0.25) is 10.0 Å². The number of nitrogens with zero attached hydrogens (tertiary/aromatic N) is 2. The third-order valence-electron chi connectivity index (χ3n) is 5.17. The van der Waals surface area contributed by atoms with Crippen molar-refractivity contribution in [2.24, 2.45) is 0 Å². The lowest BCUT2D eigenvalue weighted by atomic mass is 10.0. The summed E-state index contributed by atoms with van der Waals surface area (Å²) >= 11 is 0. The van der Waals surface area contributed by atoms with Crippen molar-refractivity contribution in [3.8, 4) is 11.1 Å². The van der Waals surface area contributed by atoms with Gasteiger partial charge in [0.05, 0.1) is 10.5 Å². The van der Waals surface area contributed by atoms with Crippen molar-refractivity contribution in [2.45, 2.75) is 23.5 Å². The predicted molar refractivity (Wildman–Crippen MR) is 112 cm³/mol. The largest absolute Gasteiger partial charge is 0.416 e. The summed E-state index contributed by atoms with van der Waals surface area (Å²) in [7, 11) is -3.76. The number of sulfonamides is 1. The van der Waals surface area contributed by atoms with Crippen molar-refractivity contribution >= 4 is 15.8 Å². The summed E-state index contributed by atoms with van der Waals surface area (Å²) < 4.78 is 67.1. The summed E-state index contributed by atoms with van der Waals surface area (Å²) in [4.78, 5) is 6.37. The lowest BCUT2D eigenvalue weighted by Crippen LogP contribution is -2.37. The van der Waals surface area contributed by atoms with Crippen LogP contribution in [0.5, 0.6) is 0 Å². The number of pyridine rings is 1. The van der Waals surface area contributed by atoms with Crippen LogP contribution in [0.3, 0.4) is 0 Å². The Bertz CT molecular complexity index is 1150. The average molecular weight is 447 g/mol. The van der Waals surface area contributed by atoms with E-state index in [0.29, 0.717) is 30.6 Å². The van der Waals surface area contributed by atoms with Crippen LogP contribution in [0.2, 0.25) is 0 Å². The highest BCUT2D eigenvalue weighted by Crippen LogP contribution is 2.32. The molecule has 0 aliphatic carbocycles. The Hall–Kier alpha value is -2.91. The van der Waals surface area contributed by atoms with Crippen molar-refractivity contribution < 1.29 is 21.6 Å². The minimum absolute atomic E-state index is 0.0690. The number of aromatic nitrogens is 1. The number of hydrogen-bond acceptors (Lipinski definition) is 4. The molecule has 1 fully saturated rings. The zero-order chi connectivity index (χ0) is 22.1. The molecular weight excluding hydrogens is 427 g/mol. The molecule has 5 nitrogen and oxygen atoms in total. The van der Waals surface area contributed by atoms with Crippen LogP contribution in [0.25, 0.3) is 11.1 Å². The number of rotatable bonds is 5. The minimum atomic E-state index is -4.44. The normalized spacial score (nSPS) is 17.1. The summed E-state index contributed by atoms with van der Waals surface area (Å²) in [5.74, 6) is 0.801. The van der Waals surface area contributed by atoms with E-state index >= 15 is 0 Å². The molecule has 0 radical (unpaired) electrons. The Kier molecular flexibility index (Phi) is 5.72. The van der Waals surface area contributed by atoms with Gasteiger partial charge in [-0.1, -0.05) is 30.3 Å². The predicted octanol–water partition coefficient (Wildman–Crippen LogP) is 4.32. The minimum Gasteiger partial charge on any atom is -0.355 e. The summed E-state index contributed by atoms with van der Waals surface area (Å²) in [5, 5.41) is 0. The van der Waals surface area contributed by atoms with Gasteiger partial charge in [-0.2, -0.15) is 13.2 Å². The lowest BCUT2D eigenvalue weighted by molar-refractivity contribution is -0.137.